The fourth-order valence-corrected chi connectivity index (χ4v) is 1.84. The standard InChI is InChI=1S/C16H25FN4O2.HI/c1-12-5-6-13(11-14(12)17)15(22)19-8-9-21-16(18-2)20-7-4-10-23-3;/h5-6,11H,4,7-10H2,1-3H3,(H,19,22)(H2,18,20,21);1H. The second-order valence-corrected chi connectivity index (χ2v) is 4.99. The van der Waals surface area contributed by atoms with Crippen molar-refractivity contribution in [2.24, 2.45) is 4.99 Å². The lowest BCUT2D eigenvalue weighted by atomic mass is 10.1. The molecule has 6 nitrogen and oxygen atoms in total. The number of guanidine groups is 1. The third-order valence-corrected chi connectivity index (χ3v) is 3.18. The van der Waals surface area contributed by atoms with E-state index in [-0.39, 0.29) is 35.7 Å². The predicted octanol–water partition coefficient (Wildman–Crippen LogP) is 1.68. The van der Waals surface area contributed by atoms with Gasteiger partial charge in [-0.3, -0.25) is 9.79 Å². The number of amides is 1. The van der Waals surface area contributed by atoms with Gasteiger partial charge in [0.15, 0.2) is 5.96 Å². The average molecular weight is 452 g/mol. The summed E-state index contributed by atoms with van der Waals surface area (Å²) in [4.78, 5) is 16.0. The molecule has 0 spiro atoms. The van der Waals surface area contributed by atoms with E-state index < -0.39 is 0 Å². The van der Waals surface area contributed by atoms with Crippen molar-refractivity contribution < 1.29 is 13.9 Å². The Bertz CT molecular complexity index is 541. The summed E-state index contributed by atoms with van der Waals surface area (Å²) in [6.07, 6.45) is 0.882. The van der Waals surface area contributed by atoms with Gasteiger partial charge in [-0.15, -0.1) is 24.0 Å². The van der Waals surface area contributed by atoms with Crippen LogP contribution in [0.5, 0.6) is 0 Å². The number of hydrogen-bond donors (Lipinski definition) is 3. The summed E-state index contributed by atoms with van der Waals surface area (Å²) < 4.78 is 18.4. The molecule has 0 aliphatic heterocycles. The number of hydrogen-bond acceptors (Lipinski definition) is 3. The van der Waals surface area contributed by atoms with Crippen molar-refractivity contribution in [2.75, 3.05) is 40.4 Å². The fourth-order valence-electron chi connectivity index (χ4n) is 1.84. The Hall–Kier alpha value is -1.42. The van der Waals surface area contributed by atoms with E-state index in [0.29, 0.717) is 36.8 Å². The molecule has 1 amide bonds. The van der Waals surface area contributed by atoms with Crippen LogP contribution < -0.4 is 16.0 Å². The van der Waals surface area contributed by atoms with E-state index in [1.165, 1.54) is 6.07 Å². The van der Waals surface area contributed by atoms with Crippen LogP contribution in [0.25, 0.3) is 0 Å². The van der Waals surface area contributed by atoms with Gasteiger partial charge in [0.1, 0.15) is 5.82 Å². The predicted molar refractivity (Wildman–Crippen MR) is 105 cm³/mol. The minimum atomic E-state index is -0.378. The van der Waals surface area contributed by atoms with Gasteiger partial charge in [-0.25, -0.2) is 4.39 Å². The number of nitrogens with zero attached hydrogens (tertiary/aromatic N) is 1. The van der Waals surface area contributed by atoms with Crippen molar-refractivity contribution in [3.8, 4) is 0 Å². The topological polar surface area (TPSA) is 74.8 Å². The Kier molecular flexibility index (Phi) is 12.2. The normalized spacial score (nSPS) is 10.8. The maximum Gasteiger partial charge on any atom is 0.251 e. The van der Waals surface area contributed by atoms with Crippen molar-refractivity contribution in [1.29, 1.82) is 0 Å². The molecule has 0 fully saturated rings. The molecule has 24 heavy (non-hydrogen) atoms. The summed E-state index contributed by atoms with van der Waals surface area (Å²) in [5, 5.41) is 8.95. The first-order chi connectivity index (χ1) is 11.1. The molecule has 0 radical (unpaired) electrons. The van der Waals surface area contributed by atoms with E-state index in [2.05, 4.69) is 20.9 Å². The van der Waals surface area contributed by atoms with Gasteiger partial charge in [0, 0.05) is 46.0 Å². The average Bonchev–Trinajstić information content (AvgIpc) is 2.55. The number of halogens is 2. The van der Waals surface area contributed by atoms with E-state index in [1.807, 2.05) is 0 Å². The lowest BCUT2D eigenvalue weighted by Crippen LogP contribution is -2.42. The van der Waals surface area contributed by atoms with Crippen LogP contribution in [0.3, 0.4) is 0 Å². The summed E-state index contributed by atoms with van der Waals surface area (Å²) in [5.74, 6) is -0.0121. The van der Waals surface area contributed by atoms with Crippen molar-refractivity contribution in [3.05, 3.63) is 35.1 Å². The van der Waals surface area contributed by atoms with Crippen LogP contribution in [0.15, 0.2) is 23.2 Å². The van der Waals surface area contributed by atoms with E-state index in [0.717, 1.165) is 13.0 Å². The van der Waals surface area contributed by atoms with Crippen LogP contribution in [0.2, 0.25) is 0 Å². The quantitative estimate of drug-likeness (QED) is 0.243. The van der Waals surface area contributed by atoms with Gasteiger partial charge in [-0.1, -0.05) is 6.07 Å². The van der Waals surface area contributed by atoms with E-state index >= 15 is 0 Å². The summed E-state index contributed by atoms with van der Waals surface area (Å²) in [5.41, 5.74) is 0.835. The Labute approximate surface area is 159 Å². The molecule has 0 atom stereocenters. The second kappa shape index (κ2) is 12.9. The minimum absolute atomic E-state index is 0. The second-order valence-electron chi connectivity index (χ2n) is 4.99. The van der Waals surface area contributed by atoms with Gasteiger partial charge < -0.3 is 20.7 Å². The lowest BCUT2D eigenvalue weighted by Gasteiger charge is -2.12. The van der Waals surface area contributed by atoms with Gasteiger partial charge >= 0.3 is 0 Å². The molecular weight excluding hydrogens is 426 g/mol. The van der Waals surface area contributed by atoms with Crippen LogP contribution >= 0.6 is 24.0 Å². The van der Waals surface area contributed by atoms with E-state index in [4.69, 9.17) is 4.74 Å². The zero-order chi connectivity index (χ0) is 17.1. The Balaban J connectivity index is 0.00000529. The maximum atomic E-state index is 13.4. The molecule has 0 saturated heterocycles. The number of carbonyl (C=O) groups excluding carboxylic acids is 1. The first-order valence-electron chi connectivity index (χ1n) is 7.56. The highest BCUT2D eigenvalue weighted by atomic mass is 127. The lowest BCUT2D eigenvalue weighted by molar-refractivity contribution is 0.0954. The molecule has 0 saturated carbocycles. The Morgan fingerprint density at radius 2 is 1.88 bits per heavy atom. The summed E-state index contributed by atoms with van der Waals surface area (Å²) in [7, 11) is 3.34. The van der Waals surface area contributed by atoms with Crippen molar-refractivity contribution in [3.63, 3.8) is 0 Å². The van der Waals surface area contributed by atoms with Crippen molar-refractivity contribution in [2.45, 2.75) is 13.3 Å². The summed E-state index contributed by atoms with van der Waals surface area (Å²) >= 11 is 0. The molecule has 8 heteroatoms. The fraction of sp³-hybridized carbons (Fsp3) is 0.500. The first-order valence-corrected chi connectivity index (χ1v) is 7.56. The van der Waals surface area contributed by atoms with E-state index in [9.17, 15) is 9.18 Å². The van der Waals surface area contributed by atoms with Crippen LogP contribution in [-0.4, -0.2) is 52.3 Å². The number of methoxy groups -OCH3 is 1. The largest absolute Gasteiger partial charge is 0.385 e. The highest BCUT2D eigenvalue weighted by Crippen LogP contribution is 2.08. The zero-order valence-electron chi connectivity index (χ0n) is 14.3. The van der Waals surface area contributed by atoms with Crippen molar-refractivity contribution in [1.82, 2.24) is 16.0 Å². The number of benzene rings is 1. The number of aryl methyl sites for hydroxylation is 1. The zero-order valence-corrected chi connectivity index (χ0v) is 16.6. The number of aliphatic imine (C=N–C) groups is 1. The number of ether oxygens (including phenoxy) is 1. The van der Waals surface area contributed by atoms with Crippen LogP contribution in [0, 0.1) is 12.7 Å². The van der Waals surface area contributed by atoms with Gasteiger partial charge in [0.25, 0.3) is 5.91 Å². The summed E-state index contributed by atoms with van der Waals surface area (Å²) in [6.45, 7) is 4.03. The molecule has 0 aliphatic carbocycles. The first kappa shape index (κ1) is 22.6. The summed E-state index contributed by atoms with van der Waals surface area (Å²) in [6, 6.07) is 4.44. The molecule has 0 bridgehead atoms. The molecule has 136 valence electrons. The molecule has 0 unspecified atom stereocenters. The van der Waals surface area contributed by atoms with Gasteiger partial charge in [-0.2, -0.15) is 0 Å². The monoisotopic (exact) mass is 452 g/mol. The number of nitrogens with one attached hydrogen (secondary N) is 3. The molecule has 0 aromatic heterocycles. The molecule has 1 aromatic rings. The van der Waals surface area contributed by atoms with Gasteiger partial charge in [-0.05, 0) is 31.0 Å². The highest BCUT2D eigenvalue weighted by Gasteiger charge is 2.07. The molecule has 1 aromatic carbocycles. The molecular formula is C16H26FIN4O2. The molecule has 1 rings (SSSR count). The SMILES string of the molecule is CN=C(NCCCOC)NCCNC(=O)c1ccc(C)c(F)c1.I. The Morgan fingerprint density at radius 3 is 2.50 bits per heavy atom. The molecule has 0 heterocycles. The molecule has 3 N–H and O–H groups in total. The van der Waals surface area contributed by atoms with Gasteiger partial charge in [0.05, 0.1) is 0 Å². The Morgan fingerprint density at radius 1 is 1.21 bits per heavy atom. The van der Waals surface area contributed by atoms with Crippen LogP contribution in [0.4, 0.5) is 4.39 Å². The number of rotatable bonds is 8. The van der Waals surface area contributed by atoms with Gasteiger partial charge in [0.2, 0.25) is 0 Å². The maximum absolute atomic E-state index is 13.4. The minimum Gasteiger partial charge on any atom is -0.385 e. The van der Waals surface area contributed by atoms with Crippen molar-refractivity contribution >= 4 is 35.8 Å². The van der Waals surface area contributed by atoms with E-state index in [1.54, 1.807) is 33.2 Å². The van der Waals surface area contributed by atoms with Crippen LogP contribution in [0.1, 0.15) is 22.3 Å². The molecule has 0 aliphatic rings. The highest BCUT2D eigenvalue weighted by molar-refractivity contribution is 14.0. The third-order valence-electron chi connectivity index (χ3n) is 3.18. The number of carbonyl (C=O) groups is 1. The smallest absolute Gasteiger partial charge is 0.251 e. The van der Waals surface area contributed by atoms with Crippen LogP contribution in [-0.2, 0) is 4.74 Å². The third kappa shape index (κ3) is 8.44.